The largest absolute Gasteiger partial charge is 0.396 e. The second kappa shape index (κ2) is 7.76. The molecule has 1 aromatic heterocycles. The van der Waals surface area contributed by atoms with Crippen LogP contribution >= 0.6 is 11.3 Å². The van der Waals surface area contributed by atoms with E-state index in [9.17, 15) is 0 Å². The SMILES string of the molecule is CCCCN(CCCO)Cc1nc(C)cs1. The van der Waals surface area contributed by atoms with Crippen LogP contribution in [-0.4, -0.2) is 34.7 Å². The Morgan fingerprint density at radius 3 is 2.69 bits per heavy atom. The third-order valence-corrected chi connectivity index (χ3v) is 3.44. The third-order valence-electron chi connectivity index (χ3n) is 2.49. The summed E-state index contributed by atoms with van der Waals surface area (Å²) in [6, 6.07) is 0. The van der Waals surface area contributed by atoms with E-state index in [1.807, 2.05) is 6.92 Å². The van der Waals surface area contributed by atoms with Crippen molar-refractivity contribution in [2.75, 3.05) is 19.7 Å². The van der Waals surface area contributed by atoms with Gasteiger partial charge in [0.2, 0.25) is 0 Å². The molecule has 0 bridgehead atoms. The van der Waals surface area contributed by atoms with Gasteiger partial charge in [0.05, 0.1) is 6.54 Å². The van der Waals surface area contributed by atoms with Gasteiger partial charge in [0.25, 0.3) is 0 Å². The molecule has 1 rings (SSSR count). The molecule has 16 heavy (non-hydrogen) atoms. The second-order valence-electron chi connectivity index (χ2n) is 4.09. The zero-order valence-corrected chi connectivity index (χ0v) is 11.1. The molecule has 1 N–H and O–H groups in total. The summed E-state index contributed by atoms with van der Waals surface area (Å²) >= 11 is 1.73. The number of hydrogen-bond acceptors (Lipinski definition) is 4. The molecule has 0 radical (unpaired) electrons. The van der Waals surface area contributed by atoms with Gasteiger partial charge >= 0.3 is 0 Å². The molecule has 0 fully saturated rings. The third kappa shape index (κ3) is 5.05. The van der Waals surface area contributed by atoms with Gasteiger partial charge in [-0.1, -0.05) is 13.3 Å². The summed E-state index contributed by atoms with van der Waals surface area (Å²) in [5.74, 6) is 0. The van der Waals surface area contributed by atoms with E-state index in [0.29, 0.717) is 0 Å². The Labute approximate surface area is 102 Å². The fraction of sp³-hybridized carbons (Fsp3) is 0.750. The number of nitrogens with zero attached hydrogens (tertiary/aromatic N) is 2. The van der Waals surface area contributed by atoms with E-state index >= 15 is 0 Å². The Morgan fingerprint density at radius 1 is 1.38 bits per heavy atom. The van der Waals surface area contributed by atoms with E-state index in [-0.39, 0.29) is 6.61 Å². The normalized spacial score (nSPS) is 11.2. The summed E-state index contributed by atoms with van der Waals surface area (Å²) in [4.78, 5) is 6.87. The van der Waals surface area contributed by atoms with E-state index in [1.54, 1.807) is 11.3 Å². The average Bonchev–Trinajstić information content (AvgIpc) is 2.68. The van der Waals surface area contributed by atoms with Gasteiger partial charge in [-0.15, -0.1) is 11.3 Å². The fourth-order valence-corrected chi connectivity index (χ4v) is 2.43. The van der Waals surface area contributed by atoms with Gasteiger partial charge in [0, 0.05) is 24.2 Å². The lowest BCUT2D eigenvalue weighted by molar-refractivity contribution is 0.216. The maximum absolute atomic E-state index is 8.87. The molecule has 0 atom stereocenters. The molecule has 92 valence electrons. The van der Waals surface area contributed by atoms with Gasteiger partial charge in [-0.25, -0.2) is 4.98 Å². The van der Waals surface area contributed by atoms with Crippen LogP contribution in [0.1, 0.15) is 36.9 Å². The first-order valence-electron chi connectivity index (χ1n) is 6.00. The molecule has 1 heterocycles. The van der Waals surface area contributed by atoms with Crippen molar-refractivity contribution in [2.45, 2.75) is 39.7 Å². The lowest BCUT2D eigenvalue weighted by Crippen LogP contribution is -2.26. The smallest absolute Gasteiger partial charge is 0.107 e. The van der Waals surface area contributed by atoms with Crippen LogP contribution in [0.5, 0.6) is 0 Å². The van der Waals surface area contributed by atoms with E-state index < -0.39 is 0 Å². The first kappa shape index (κ1) is 13.6. The molecule has 0 saturated carbocycles. The maximum Gasteiger partial charge on any atom is 0.107 e. The van der Waals surface area contributed by atoms with Crippen LogP contribution in [0.25, 0.3) is 0 Å². The van der Waals surface area contributed by atoms with E-state index in [2.05, 4.69) is 22.2 Å². The summed E-state index contributed by atoms with van der Waals surface area (Å²) in [5, 5.41) is 12.2. The summed E-state index contributed by atoms with van der Waals surface area (Å²) in [5.41, 5.74) is 1.11. The number of aliphatic hydroxyl groups is 1. The quantitative estimate of drug-likeness (QED) is 0.760. The van der Waals surface area contributed by atoms with Crippen LogP contribution in [0.3, 0.4) is 0 Å². The highest BCUT2D eigenvalue weighted by molar-refractivity contribution is 7.09. The van der Waals surface area contributed by atoms with Crippen LogP contribution < -0.4 is 0 Å². The molecule has 0 aromatic carbocycles. The van der Waals surface area contributed by atoms with Crippen molar-refractivity contribution in [3.63, 3.8) is 0 Å². The monoisotopic (exact) mass is 242 g/mol. The first-order chi connectivity index (χ1) is 7.76. The van der Waals surface area contributed by atoms with Crippen molar-refractivity contribution in [3.05, 3.63) is 16.1 Å². The van der Waals surface area contributed by atoms with Crippen LogP contribution in [-0.2, 0) is 6.54 Å². The maximum atomic E-state index is 8.87. The zero-order chi connectivity index (χ0) is 11.8. The Morgan fingerprint density at radius 2 is 2.12 bits per heavy atom. The van der Waals surface area contributed by atoms with Crippen molar-refractivity contribution in [1.82, 2.24) is 9.88 Å². The molecule has 3 nitrogen and oxygen atoms in total. The highest BCUT2D eigenvalue weighted by Gasteiger charge is 2.07. The molecule has 0 unspecified atom stereocenters. The van der Waals surface area contributed by atoms with Gasteiger partial charge in [-0.05, 0) is 26.3 Å². The average molecular weight is 242 g/mol. The number of thiazole rings is 1. The van der Waals surface area contributed by atoms with Gasteiger partial charge in [-0.2, -0.15) is 0 Å². The molecule has 0 aliphatic rings. The number of aryl methyl sites for hydroxylation is 1. The topological polar surface area (TPSA) is 36.4 Å². The molecule has 0 saturated heterocycles. The predicted octanol–water partition coefficient (Wildman–Crippen LogP) is 2.44. The van der Waals surface area contributed by atoms with Gasteiger partial charge in [0.15, 0.2) is 0 Å². The standard InChI is InChI=1S/C12H22N2OS/c1-3-4-6-14(7-5-8-15)9-12-13-11(2)10-16-12/h10,15H,3-9H2,1-2H3. The van der Waals surface area contributed by atoms with Gasteiger partial charge in [-0.3, -0.25) is 4.90 Å². The van der Waals surface area contributed by atoms with Crippen LogP contribution in [0.2, 0.25) is 0 Å². The molecule has 0 aliphatic heterocycles. The highest BCUT2D eigenvalue weighted by Crippen LogP contribution is 2.12. The molecular formula is C12H22N2OS. The fourth-order valence-electron chi connectivity index (χ4n) is 1.61. The number of aliphatic hydroxyl groups excluding tert-OH is 1. The minimum absolute atomic E-state index is 0.277. The number of unbranched alkanes of at least 4 members (excludes halogenated alkanes) is 1. The minimum Gasteiger partial charge on any atom is -0.396 e. The van der Waals surface area contributed by atoms with E-state index in [0.717, 1.165) is 31.7 Å². The lowest BCUT2D eigenvalue weighted by atomic mass is 10.3. The molecule has 0 aliphatic carbocycles. The van der Waals surface area contributed by atoms with Crippen molar-refractivity contribution in [3.8, 4) is 0 Å². The molecule has 4 heteroatoms. The van der Waals surface area contributed by atoms with Gasteiger partial charge < -0.3 is 5.11 Å². The van der Waals surface area contributed by atoms with Crippen molar-refractivity contribution in [2.24, 2.45) is 0 Å². The summed E-state index contributed by atoms with van der Waals surface area (Å²) in [6.07, 6.45) is 3.29. The van der Waals surface area contributed by atoms with Crippen LogP contribution in [0, 0.1) is 6.92 Å². The summed E-state index contributed by atoms with van der Waals surface area (Å²) in [7, 11) is 0. The minimum atomic E-state index is 0.277. The van der Waals surface area contributed by atoms with E-state index in [4.69, 9.17) is 5.11 Å². The summed E-state index contributed by atoms with van der Waals surface area (Å²) < 4.78 is 0. The van der Waals surface area contributed by atoms with Crippen molar-refractivity contribution < 1.29 is 5.11 Å². The Balaban J connectivity index is 2.41. The van der Waals surface area contributed by atoms with Crippen molar-refractivity contribution in [1.29, 1.82) is 0 Å². The van der Waals surface area contributed by atoms with Crippen LogP contribution in [0.15, 0.2) is 5.38 Å². The molecule has 0 spiro atoms. The van der Waals surface area contributed by atoms with E-state index in [1.165, 1.54) is 17.8 Å². The first-order valence-corrected chi connectivity index (χ1v) is 6.88. The Kier molecular flexibility index (Phi) is 6.61. The number of rotatable bonds is 8. The highest BCUT2D eigenvalue weighted by atomic mass is 32.1. The second-order valence-corrected chi connectivity index (χ2v) is 5.03. The van der Waals surface area contributed by atoms with Gasteiger partial charge in [0.1, 0.15) is 5.01 Å². The van der Waals surface area contributed by atoms with Crippen molar-refractivity contribution >= 4 is 11.3 Å². The predicted molar refractivity (Wildman–Crippen MR) is 68.7 cm³/mol. The Hall–Kier alpha value is -0.450. The molecular weight excluding hydrogens is 220 g/mol. The Bertz CT molecular complexity index is 280. The van der Waals surface area contributed by atoms with Crippen LogP contribution in [0.4, 0.5) is 0 Å². The molecule has 0 amide bonds. The molecule has 1 aromatic rings. The number of hydrogen-bond donors (Lipinski definition) is 1. The zero-order valence-electron chi connectivity index (χ0n) is 10.3. The number of aromatic nitrogens is 1. The lowest BCUT2D eigenvalue weighted by Gasteiger charge is -2.20. The summed E-state index contributed by atoms with van der Waals surface area (Å²) in [6.45, 7) is 7.52.